The number of anilines is 2. The minimum Gasteiger partial charge on any atom is -0.385 e. The van der Waals surface area contributed by atoms with Crippen molar-refractivity contribution in [3.05, 3.63) is 59.4 Å². The van der Waals surface area contributed by atoms with Crippen LogP contribution in [-0.2, 0) is 14.4 Å². The second kappa shape index (κ2) is 8.58. The molecule has 7 heteroatoms. The summed E-state index contributed by atoms with van der Waals surface area (Å²) in [4.78, 5) is 28.1. The molecule has 0 aliphatic heterocycles. The molecule has 6 nitrogen and oxygen atoms in total. The predicted molar refractivity (Wildman–Crippen MR) is 94.0 cm³/mol. The van der Waals surface area contributed by atoms with Crippen molar-refractivity contribution in [1.29, 1.82) is 0 Å². The van der Waals surface area contributed by atoms with Gasteiger partial charge in [0.25, 0.3) is 11.8 Å². The summed E-state index contributed by atoms with van der Waals surface area (Å²) in [6.07, 6.45) is 0.949. The Morgan fingerprint density at radius 2 is 1.84 bits per heavy atom. The van der Waals surface area contributed by atoms with E-state index in [4.69, 9.17) is 4.84 Å². The summed E-state index contributed by atoms with van der Waals surface area (Å²) in [6.45, 7) is 3.48. The predicted octanol–water partition coefficient (Wildman–Crippen LogP) is 3.02. The van der Waals surface area contributed by atoms with Crippen LogP contribution in [0.2, 0.25) is 0 Å². The summed E-state index contributed by atoms with van der Waals surface area (Å²) in [5, 5.41) is 8.62. The van der Waals surface area contributed by atoms with Crippen molar-refractivity contribution in [3.63, 3.8) is 0 Å². The van der Waals surface area contributed by atoms with Crippen LogP contribution in [0, 0.1) is 19.7 Å². The molecule has 0 aliphatic carbocycles. The molecule has 130 valence electrons. The first-order valence-electron chi connectivity index (χ1n) is 7.53. The van der Waals surface area contributed by atoms with Gasteiger partial charge in [-0.1, -0.05) is 22.9 Å². The van der Waals surface area contributed by atoms with Gasteiger partial charge in [-0.25, -0.2) is 4.39 Å². The summed E-state index contributed by atoms with van der Waals surface area (Å²) < 4.78 is 12.8. The maximum Gasteiger partial charge on any atom is 0.270 e. The first-order chi connectivity index (χ1) is 11.9. The van der Waals surface area contributed by atoms with E-state index in [0.717, 1.165) is 17.3 Å². The topological polar surface area (TPSA) is 79.8 Å². The highest BCUT2D eigenvalue weighted by Crippen LogP contribution is 2.15. The number of halogens is 1. The summed E-state index contributed by atoms with van der Waals surface area (Å²) in [5.41, 5.74) is 3.14. The molecular weight excluding hydrogens is 325 g/mol. The molecule has 0 aromatic heterocycles. The number of aryl methyl sites for hydroxylation is 2. The van der Waals surface area contributed by atoms with E-state index in [1.165, 1.54) is 24.3 Å². The number of carbonyl (C=O) groups is 2. The molecule has 0 heterocycles. The Morgan fingerprint density at radius 1 is 1.12 bits per heavy atom. The zero-order valence-electron chi connectivity index (χ0n) is 13.9. The Balaban J connectivity index is 1.75. The number of benzene rings is 2. The zero-order chi connectivity index (χ0) is 18.2. The molecule has 0 saturated heterocycles. The molecule has 0 atom stereocenters. The highest BCUT2D eigenvalue weighted by atomic mass is 19.1. The van der Waals surface area contributed by atoms with E-state index in [9.17, 15) is 14.0 Å². The summed E-state index contributed by atoms with van der Waals surface area (Å²) in [7, 11) is 0. The molecule has 2 amide bonds. The number of oxime groups is 1. The number of amides is 2. The molecule has 0 spiro atoms. The van der Waals surface area contributed by atoms with Crippen LogP contribution in [0.1, 0.15) is 11.1 Å². The van der Waals surface area contributed by atoms with Gasteiger partial charge >= 0.3 is 0 Å². The normalized spacial score (nSPS) is 10.5. The standard InChI is InChI=1S/C18H18FN3O3/c1-12-3-8-16(13(2)9-12)22-17(23)10-20-25-11-18(24)21-15-6-4-14(19)5-7-15/h3-10H,11H2,1-2H3,(H,21,24)(H,22,23)/b20-10-. The van der Waals surface area contributed by atoms with E-state index in [2.05, 4.69) is 15.8 Å². The quantitative estimate of drug-likeness (QED) is 0.625. The fourth-order valence-corrected chi connectivity index (χ4v) is 2.03. The molecular formula is C18H18FN3O3. The van der Waals surface area contributed by atoms with E-state index in [1.807, 2.05) is 26.0 Å². The third-order valence-corrected chi connectivity index (χ3v) is 3.21. The molecule has 2 rings (SSSR count). The number of hydrogen-bond acceptors (Lipinski definition) is 4. The van der Waals surface area contributed by atoms with E-state index < -0.39 is 17.6 Å². The summed E-state index contributed by atoms with van der Waals surface area (Å²) >= 11 is 0. The number of nitrogens with one attached hydrogen (secondary N) is 2. The summed E-state index contributed by atoms with van der Waals surface area (Å²) in [6, 6.07) is 10.9. The van der Waals surface area contributed by atoms with Crippen LogP contribution >= 0.6 is 0 Å². The third kappa shape index (κ3) is 6.06. The SMILES string of the molecule is Cc1ccc(NC(=O)/C=N\OCC(=O)Nc2ccc(F)cc2)c(C)c1. The maximum atomic E-state index is 12.8. The Bertz CT molecular complexity index is 789. The van der Waals surface area contributed by atoms with Crippen molar-refractivity contribution in [2.75, 3.05) is 17.2 Å². The van der Waals surface area contributed by atoms with E-state index >= 15 is 0 Å². The van der Waals surface area contributed by atoms with Crippen LogP contribution in [0.25, 0.3) is 0 Å². The molecule has 0 fully saturated rings. The Hall–Kier alpha value is -3.22. The van der Waals surface area contributed by atoms with Crippen molar-refractivity contribution < 1.29 is 18.8 Å². The Labute approximate surface area is 144 Å². The first-order valence-corrected chi connectivity index (χ1v) is 7.53. The lowest BCUT2D eigenvalue weighted by atomic mass is 10.1. The van der Waals surface area contributed by atoms with Gasteiger partial charge in [0, 0.05) is 11.4 Å². The number of rotatable bonds is 6. The molecule has 2 aromatic carbocycles. The second-order valence-electron chi connectivity index (χ2n) is 5.37. The monoisotopic (exact) mass is 343 g/mol. The smallest absolute Gasteiger partial charge is 0.270 e. The van der Waals surface area contributed by atoms with Gasteiger partial charge in [-0.2, -0.15) is 0 Å². The zero-order valence-corrected chi connectivity index (χ0v) is 13.9. The second-order valence-corrected chi connectivity index (χ2v) is 5.37. The Morgan fingerprint density at radius 3 is 2.52 bits per heavy atom. The highest BCUT2D eigenvalue weighted by molar-refractivity contribution is 6.31. The fraction of sp³-hybridized carbons (Fsp3) is 0.167. The van der Waals surface area contributed by atoms with Gasteiger partial charge in [0.05, 0.1) is 0 Å². The average molecular weight is 343 g/mol. The molecule has 0 unspecified atom stereocenters. The number of hydrogen-bond donors (Lipinski definition) is 2. The molecule has 0 saturated carbocycles. The Kier molecular flexibility index (Phi) is 6.22. The van der Waals surface area contributed by atoms with Gasteiger partial charge < -0.3 is 15.5 Å². The van der Waals surface area contributed by atoms with Gasteiger partial charge in [0.1, 0.15) is 12.0 Å². The van der Waals surface area contributed by atoms with Crippen LogP contribution in [0.4, 0.5) is 15.8 Å². The van der Waals surface area contributed by atoms with Gasteiger partial charge in [-0.15, -0.1) is 0 Å². The minimum atomic E-state index is -0.474. The van der Waals surface area contributed by atoms with Gasteiger partial charge in [0.2, 0.25) is 0 Å². The summed E-state index contributed by atoms with van der Waals surface area (Å²) in [5.74, 6) is -1.34. The van der Waals surface area contributed by atoms with E-state index in [0.29, 0.717) is 11.4 Å². The minimum absolute atomic E-state index is 0.370. The van der Waals surface area contributed by atoms with Crippen molar-refractivity contribution in [3.8, 4) is 0 Å². The van der Waals surface area contributed by atoms with Crippen molar-refractivity contribution in [1.82, 2.24) is 0 Å². The van der Waals surface area contributed by atoms with Crippen LogP contribution in [0.15, 0.2) is 47.6 Å². The molecule has 0 radical (unpaired) electrons. The van der Waals surface area contributed by atoms with Gasteiger partial charge in [0.15, 0.2) is 6.61 Å². The number of nitrogens with zero attached hydrogens (tertiary/aromatic N) is 1. The van der Waals surface area contributed by atoms with Crippen molar-refractivity contribution >= 4 is 29.4 Å². The van der Waals surface area contributed by atoms with Crippen LogP contribution in [-0.4, -0.2) is 24.6 Å². The maximum absolute atomic E-state index is 12.8. The average Bonchev–Trinajstić information content (AvgIpc) is 2.56. The van der Waals surface area contributed by atoms with Gasteiger partial charge in [-0.3, -0.25) is 9.59 Å². The highest BCUT2D eigenvalue weighted by Gasteiger charge is 2.04. The fourth-order valence-electron chi connectivity index (χ4n) is 2.03. The third-order valence-electron chi connectivity index (χ3n) is 3.21. The van der Waals surface area contributed by atoms with Crippen molar-refractivity contribution in [2.24, 2.45) is 5.16 Å². The van der Waals surface area contributed by atoms with Crippen molar-refractivity contribution in [2.45, 2.75) is 13.8 Å². The van der Waals surface area contributed by atoms with E-state index in [-0.39, 0.29) is 6.61 Å². The molecule has 0 bridgehead atoms. The van der Waals surface area contributed by atoms with Gasteiger partial charge in [-0.05, 0) is 49.7 Å². The van der Waals surface area contributed by atoms with Crippen LogP contribution < -0.4 is 10.6 Å². The van der Waals surface area contributed by atoms with Crippen LogP contribution in [0.5, 0.6) is 0 Å². The van der Waals surface area contributed by atoms with Crippen LogP contribution in [0.3, 0.4) is 0 Å². The lowest BCUT2D eigenvalue weighted by Crippen LogP contribution is -2.18. The molecule has 25 heavy (non-hydrogen) atoms. The molecule has 2 aromatic rings. The molecule has 2 N–H and O–H groups in total. The molecule has 0 aliphatic rings. The lowest BCUT2D eigenvalue weighted by molar-refractivity contribution is -0.120. The lowest BCUT2D eigenvalue weighted by Gasteiger charge is -2.06. The number of carbonyl (C=O) groups excluding carboxylic acids is 2. The largest absolute Gasteiger partial charge is 0.385 e. The first kappa shape index (κ1) is 18.1. The van der Waals surface area contributed by atoms with E-state index in [1.54, 1.807) is 6.07 Å².